The van der Waals surface area contributed by atoms with E-state index in [0.717, 1.165) is 12.1 Å². The molecule has 0 radical (unpaired) electrons. The van der Waals surface area contributed by atoms with Gasteiger partial charge in [0.1, 0.15) is 8.07 Å². The van der Waals surface area contributed by atoms with Gasteiger partial charge in [0.2, 0.25) is 0 Å². The lowest BCUT2D eigenvalue weighted by atomic mass is 10.0. The third-order valence-corrected chi connectivity index (χ3v) is 10.4. The minimum Gasteiger partial charge on any atom is -0.256 e. The summed E-state index contributed by atoms with van der Waals surface area (Å²) in [5, 5.41) is 4.28. The summed E-state index contributed by atoms with van der Waals surface area (Å²) in [6.07, 6.45) is 3.23. The fourth-order valence-corrected chi connectivity index (χ4v) is 8.16. The highest BCUT2D eigenvalue weighted by Gasteiger charge is 2.36. The van der Waals surface area contributed by atoms with Crippen molar-refractivity contribution in [3.8, 4) is 11.3 Å². The highest BCUT2D eigenvalue weighted by Crippen LogP contribution is 2.20. The molecule has 0 aliphatic rings. The van der Waals surface area contributed by atoms with Gasteiger partial charge in [0.15, 0.2) is 0 Å². The Balaban J connectivity index is 1.94. The Morgan fingerprint density at radius 2 is 1.23 bits per heavy atom. The molecule has 30 heavy (non-hydrogen) atoms. The first-order valence-electron chi connectivity index (χ1n) is 10.7. The fourth-order valence-electron chi connectivity index (χ4n) is 4.34. The van der Waals surface area contributed by atoms with Crippen LogP contribution in [-0.4, -0.2) is 13.1 Å². The molecular formula is C28H29NSi. The van der Waals surface area contributed by atoms with Gasteiger partial charge in [-0.3, -0.25) is 4.98 Å². The second kappa shape index (κ2) is 8.81. The number of benzene rings is 3. The fraction of sp³-hybridized carbons (Fsp3) is 0.179. The van der Waals surface area contributed by atoms with Gasteiger partial charge in [0, 0.05) is 11.8 Å². The predicted molar refractivity (Wildman–Crippen MR) is 132 cm³/mol. The van der Waals surface area contributed by atoms with E-state index in [2.05, 4.69) is 124 Å². The van der Waals surface area contributed by atoms with Crippen molar-refractivity contribution in [3.63, 3.8) is 0 Å². The Kier molecular flexibility index (Phi) is 5.96. The van der Waals surface area contributed by atoms with E-state index < -0.39 is 8.07 Å². The standard InChI is InChI=1S/C28H29NSi/c1-22(2)19-24-20-27(23-13-7-4-8-14-23)29-21-28(24)30(3,25-15-9-5-10-16-25)26-17-11-6-12-18-26/h4-18,20-22H,19H2,1-3H3. The molecule has 3 aromatic carbocycles. The van der Waals surface area contributed by atoms with Crippen molar-refractivity contribution in [2.24, 2.45) is 5.92 Å². The summed E-state index contributed by atoms with van der Waals surface area (Å²) >= 11 is 0. The van der Waals surface area contributed by atoms with E-state index in [-0.39, 0.29) is 0 Å². The van der Waals surface area contributed by atoms with Gasteiger partial charge >= 0.3 is 0 Å². The molecule has 0 bridgehead atoms. The van der Waals surface area contributed by atoms with E-state index in [0.29, 0.717) is 5.92 Å². The van der Waals surface area contributed by atoms with Crippen molar-refractivity contribution < 1.29 is 0 Å². The smallest absolute Gasteiger partial charge is 0.147 e. The number of hydrogen-bond donors (Lipinski definition) is 0. The first-order valence-corrected chi connectivity index (χ1v) is 13.2. The van der Waals surface area contributed by atoms with E-state index in [9.17, 15) is 0 Å². The molecule has 0 atom stereocenters. The van der Waals surface area contributed by atoms with Gasteiger partial charge in [-0.2, -0.15) is 0 Å². The summed E-state index contributed by atoms with van der Waals surface area (Å²) in [6.45, 7) is 7.08. The molecule has 0 N–H and O–H groups in total. The lowest BCUT2D eigenvalue weighted by Crippen LogP contribution is -2.65. The van der Waals surface area contributed by atoms with E-state index in [1.54, 1.807) is 0 Å². The second-order valence-electron chi connectivity index (χ2n) is 8.55. The van der Waals surface area contributed by atoms with E-state index in [1.807, 2.05) is 0 Å². The molecule has 0 saturated heterocycles. The molecule has 0 amide bonds. The zero-order valence-corrected chi connectivity index (χ0v) is 19.0. The number of nitrogens with zero attached hydrogens (tertiary/aromatic N) is 1. The van der Waals surface area contributed by atoms with Crippen LogP contribution < -0.4 is 15.6 Å². The molecule has 4 aromatic rings. The Bertz CT molecular complexity index is 1050. The summed E-state index contributed by atoms with van der Waals surface area (Å²) in [5.74, 6) is 0.583. The van der Waals surface area contributed by atoms with Crippen LogP contribution in [0.1, 0.15) is 19.4 Å². The van der Waals surface area contributed by atoms with E-state index in [1.165, 1.54) is 26.7 Å². The first kappa shape index (κ1) is 20.3. The molecule has 1 heterocycles. The van der Waals surface area contributed by atoms with Crippen LogP contribution in [0.25, 0.3) is 11.3 Å². The molecule has 1 nitrogen and oxygen atoms in total. The van der Waals surface area contributed by atoms with Crippen LogP contribution in [-0.2, 0) is 6.42 Å². The molecular weight excluding hydrogens is 378 g/mol. The Labute approximate surface area is 181 Å². The third kappa shape index (κ3) is 4.01. The quantitative estimate of drug-likeness (QED) is 0.408. The SMILES string of the molecule is CC(C)Cc1cc(-c2ccccc2)ncc1[Si](C)(c1ccccc1)c1ccccc1. The Morgan fingerprint density at radius 3 is 1.73 bits per heavy atom. The van der Waals surface area contributed by atoms with Crippen LogP contribution in [0.2, 0.25) is 6.55 Å². The van der Waals surface area contributed by atoms with Crippen LogP contribution >= 0.6 is 0 Å². The topological polar surface area (TPSA) is 12.9 Å². The van der Waals surface area contributed by atoms with Crippen LogP contribution in [0.4, 0.5) is 0 Å². The Hall–Kier alpha value is -2.97. The van der Waals surface area contributed by atoms with Gasteiger partial charge in [0.05, 0.1) is 5.69 Å². The van der Waals surface area contributed by atoms with E-state index >= 15 is 0 Å². The van der Waals surface area contributed by atoms with Gasteiger partial charge in [0.25, 0.3) is 0 Å². The normalized spacial score (nSPS) is 11.6. The maximum Gasteiger partial charge on any atom is 0.147 e. The molecule has 0 unspecified atom stereocenters. The largest absolute Gasteiger partial charge is 0.256 e. The van der Waals surface area contributed by atoms with Crippen molar-refractivity contribution in [2.75, 3.05) is 0 Å². The van der Waals surface area contributed by atoms with Gasteiger partial charge in [-0.05, 0) is 39.5 Å². The van der Waals surface area contributed by atoms with Gasteiger partial charge < -0.3 is 0 Å². The average Bonchev–Trinajstić information content (AvgIpc) is 2.80. The molecule has 0 saturated carbocycles. The van der Waals surface area contributed by atoms with Crippen molar-refractivity contribution in [2.45, 2.75) is 26.8 Å². The summed E-state index contributed by atoms with van der Waals surface area (Å²) < 4.78 is 0. The van der Waals surface area contributed by atoms with Crippen molar-refractivity contribution in [3.05, 3.63) is 109 Å². The zero-order valence-electron chi connectivity index (χ0n) is 18.0. The summed E-state index contributed by atoms with van der Waals surface area (Å²) in [6, 6.07) is 34.9. The molecule has 4 rings (SSSR count). The lowest BCUT2D eigenvalue weighted by Gasteiger charge is -2.32. The summed E-state index contributed by atoms with van der Waals surface area (Å²) in [7, 11) is -2.18. The maximum absolute atomic E-state index is 4.97. The zero-order chi connectivity index (χ0) is 21.0. The summed E-state index contributed by atoms with van der Waals surface area (Å²) in [4.78, 5) is 4.97. The lowest BCUT2D eigenvalue weighted by molar-refractivity contribution is 0.649. The number of hydrogen-bond acceptors (Lipinski definition) is 1. The summed E-state index contributed by atoms with van der Waals surface area (Å²) in [5.41, 5.74) is 3.67. The van der Waals surface area contributed by atoms with Crippen LogP contribution in [0.3, 0.4) is 0 Å². The average molecular weight is 408 g/mol. The van der Waals surface area contributed by atoms with E-state index in [4.69, 9.17) is 4.98 Å². The minimum atomic E-state index is -2.18. The van der Waals surface area contributed by atoms with Crippen molar-refractivity contribution >= 4 is 23.6 Å². The molecule has 0 aliphatic heterocycles. The number of aromatic nitrogens is 1. The predicted octanol–water partition coefficient (Wildman–Crippen LogP) is 5.05. The van der Waals surface area contributed by atoms with Crippen molar-refractivity contribution in [1.29, 1.82) is 0 Å². The Morgan fingerprint density at radius 1 is 0.733 bits per heavy atom. The molecule has 2 heteroatoms. The first-order chi connectivity index (χ1) is 14.6. The van der Waals surface area contributed by atoms with Crippen molar-refractivity contribution in [1.82, 2.24) is 4.98 Å². The maximum atomic E-state index is 4.97. The monoisotopic (exact) mass is 407 g/mol. The number of rotatable bonds is 6. The van der Waals surface area contributed by atoms with Gasteiger partial charge in [-0.15, -0.1) is 0 Å². The molecule has 0 fully saturated rings. The van der Waals surface area contributed by atoms with Crippen LogP contribution in [0.5, 0.6) is 0 Å². The molecule has 0 spiro atoms. The van der Waals surface area contributed by atoms with Crippen LogP contribution in [0.15, 0.2) is 103 Å². The minimum absolute atomic E-state index is 0.583. The number of pyridine rings is 1. The highest BCUT2D eigenvalue weighted by atomic mass is 28.3. The molecule has 0 aliphatic carbocycles. The van der Waals surface area contributed by atoms with Gasteiger partial charge in [-0.25, -0.2) is 0 Å². The second-order valence-corrected chi connectivity index (χ2v) is 12.5. The van der Waals surface area contributed by atoms with Crippen LogP contribution in [0, 0.1) is 5.92 Å². The molecule has 150 valence electrons. The molecule has 1 aromatic heterocycles. The highest BCUT2D eigenvalue weighted by molar-refractivity contribution is 7.10. The van der Waals surface area contributed by atoms with Gasteiger partial charge in [-0.1, -0.05) is 111 Å². The third-order valence-electron chi connectivity index (χ3n) is 5.93.